The van der Waals surface area contributed by atoms with Crippen LogP contribution in [0.15, 0.2) is 70.3 Å². The number of aromatic nitrogens is 1. The molecule has 9 nitrogen and oxygen atoms in total. The van der Waals surface area contributed by atoms with Crippen LogP contribution in [0, 0.1) is 5.82 Å². The Morgan fingerprint density at radius 2 is 1.98 bits per heavy atom. The second-order valence-corrected chi connectivity index (χ2v) is 10.6. The van der Waals surface area contributed by atoms with Crippen LogP contribution in [-0.4, -0.2) is 71.7 Å². The smallest absolute Gasteiger partial charge is 0.416 e. The van der Waals surface area contributed by atoms with E-state index in [0.29, 0.717) is 16.3 Å². The largest absolute Gasteiger partial charge is 0.480 e. The minimum Gasteiger partial charge on any atom is -0.480 e. The number of amidine groups is 1. The van der Waals surface area contributed by atoms with Crippen molar-refractivity contribution in [3.05, 3.63) is 87.3 Å². The summed E-state index contributed by atoms with van der Waals surface area (Å²) in [7, 11) is 0. The Hall–Kier alpha value is -4.14. The highest BCUT2D eigenvalue weighted by Gasteiger charge is 2.37. The number of carboxylic acid groups (broad SMARTS) is 1. The molecule has 2 aliphatic heterocycles. The Kier molecular flexibility index (Phi) is 8.89. The van der Waals surface area contributed by atoms with Crippen molar-refractivity contribution < 1.29 is 41.7 Å². The van der Waals surface area contributed by atoms with Gasteiger partial charge in [0.25, 0.3) is 0 Å². The fourth-order valence-corrected chi connectivity index (χ4v) is 5.54. The molecule has 0 saturated carbocycles. The predicted octanol–water partition coefficient (Wildman–Crippen LogP) is 4.66. The number of carboxylic acids is 1. The first kappa shape index (κ1) is 30.3. The van der Waals surface area contributed by atoms with Gasteiger partial charge < -0.3 is 19.9 Å². The summed E-state index contributed by atoms with van der Waals surface area (Å²) in [6, 6.07) is 5.94. The van der Waals surface area contributed by atoms with Gasteiger partial charge in [-0.05, 0) is 47.9 Å². The number of nitrogens with one attached hydrogen (secondary N) is 1. The van der Waals surface area contributed by atoms with Crippen LogP contribution in [-0.2, 0) is 25.2 Å². The van der Waals surface area contributed by atoms with E-state index in [1.165, 1.54) is 41.7 Å². The molecule has 2 atom stereocenters. The fourth-order valence-electron chi connectivity index (χ4n) is 4.96. The molecule has 1 aromatic heterocycles. The zero-order valence-electron chi connectivity index (χ0n) is 22.7. The lowest BCUT2D eigenvalue weighted by molar-refractivity contribution is -0.149. The van der Waals surface area contributed by atoms with E-state index in [1.807, 2.05) is 0 Å². The summed E-state index contributed by atoms with van der Waals surface area (Å²) in [6.45, 7) is 2.12. The minimum atomic E-state index is -4.56. The standard InChI is InChI=1S/C29H26F4N4O5S/c1-2-42-28(40)23-21(14-37-10-11-41-15-22(37)27(38)39)35-25(26-34-9-12-43-26)36-24(23)19-8-7-18(30)13-20(19)16-3-5-17(6-4-16)29(31,32)33/h3-9,12-13,22,24H,2,10-11,14-15H2,1H3,(H,35,36)(H,38,39). The first-order valence-electron chi connectivity index (χ1n) is 13.2. The molecule has 5 rings (SSSR count). The molecule has 14 heteroatoms. The number of esters is 1. The Labute approximate surface area is 247 Å². The molecule has 1 saturated heterocycles. The molecular formula is C29H26F4N4O5S. The van der Waals surface area contributed by atoms with E-state index in [2.05, 4.69) is 10.3 Å². The van der Waals surface area contributed by atoms with Crippen molar-refractivity contribution in [3.8, 4) is 11.1 Å². The Morgan fingerprint density at radius 1 is 1.21 bits per heavy atom. The van der Waals surface area contributed by atoms with Crippen LogP contribution in [0.2, 0.25) is 0 Å². The molecule has 43 heavy (non-hydrogen) atoms. The molecule has 2 aromatic carbocycles. The summed E-state index contributed by atoms with van der Waals surface area (Å²) in [5.74, 6) is -2.19. The second-order valence-electron chi connectivity index (χ2n) is 9.66. The third-order valence-corrected chi connectivity index (χ3v) is 7.75. The van der Waals surface area contributed by atoms with Crippen molar-refractivity contribution in [2.75, 3.05) is 32.9 Å². The lowest BCUT2D eigenvalue weighted by Gasteiger charge is -2.35. The highest BCUT2D eigenvalue weighted by Crippen LogP contribution is 2.40. The second kappa shape index (κ2) is 12.6. The third-order valence-electron chi connectivity index (χ3n) is 6.98. The van der Waals surface area contributed by atoms with Crippen molar-refractivity contribution >= 4 is 29.1 Å². The van der Waals surface area contributed by atoms with Gasteiger partial charge in [-0.1, -0.05) is 18.2 Å². The lowest BCUT2D eigenvalue weighted by atomic mass is 9.88. The van der Waals surface area contributed by atoms with E-state index < -0.39 is 41.6 Å². The van der Waals surface area contributed by atoms with Crippen LogP contribution in [0.3, 0.4) is 0 Å². The van der Waals surface area contributed by atoms with Crippen LogP contribution in [0.4, 0.5) is 17.6 Å². The number of carbonyl (C=O) groups excluding carboxylic acids is 1. The molecule has 3 heterocycles. The van der Waals surface area contributed by atoms with Gasteiger partial charge in [-0.15, -0.1) is 11.3 Å². The third kappa shape index (κ3) is 6.60. The van der Waals surface area contributed by atoms with Gasteiger partial charge in [0.15, 0.2) is 10.8 Å². The molecule has 0 amide bonds. The average molecular weight is 619 g/mol. The zero-order chi connectivity index (χ0) is 30.7. The number of aliphatic carboxylic acids is 1. The van der Waals surface area contributed by atoms with Gasteiger partial charge in [0.2, 0.25) is 0 Å². The van der Waals surface area contributed by atoms with Gasteiger partial charge in [0.05, 0.1) is 31.0 Å². The summed E-state index contributed by atoms with van der Waals surface area (Å²) < 4.78 is 65.2. The van der Waals surface area contributed by atoms with E-state index in [4.69, 9.17) is 14.5 Å². The van der Waals surface area contributed by atoms with Crippen molar-refractivity contribution in [3.63, 3.8) is 0 Å². The maximum absolute atomic E-state index is 14.6. The SMILES string of the molecule is CCOC(=O)C1=C(CN2CCOCC2C(=O)O)NC(c2nccs2)=NC1c1ccc(F)cc1-c1ccc(C(F)(F)F)cc1. The predicted molar refractivity (Wildman–Crippen MR) is 149 cm³/mol. The minimum absolute atomic E-state index is 0.0216. The number of carbonyl (C=O) groups is 2. The van der Waals surface area contributed by atoms with Crippen molar-refractivity contribution in [1.29, 1.82) is 0 Å². The lowest BCUT2D eigenvalue weighted by Crippen LogP contribution is -2.52. The number of halogens is 4. The number of nitrogens with zero attached hydrogens (tertiary/aromatic N) is 3. The molecule has 2 unspecified atom stereocenters. The number of ether oxygens (including phenoxy) is 2. The van der Waals surface area contributed by atoms with Crippen LogP contribution in [0.1, 0.15) is 29.1 Å². The Balaban J connectivity index is 1.68. The van der Waals surface area contributed by atoms with Crippen LogP contribution < -0.4 is 5.32 Å². The van der Waals surface area contributed by atoms with Crippen LogP contribution >= 0.6 is 11.3 Å². The molecule has 0 aliphatic carbocycles. The van der Waals surface area contributed by atoms with Gasteiger partial charge in [0, 0.05) is 30.4 Å². The molecule has 0 bridgehead atoms. The van der Waals surface area contributed by atoms with Gasteiger partial charge in [0.1, 0.15) is 17.9 Å². The summed E-state index contributed by atoms with van der Waals surface area (Å²) in [5, 5.41) is 15.2. The number of morpholine rings is 1. The quantitative estimate of drug-likeness (QED) is 0.277. The zero-order valence-corrected chi connectivity index (χ0v) is 23.5. The average Bonchev–Trinajstić information content (AvgIpc) is 3.52. The van der Waals surface area contributed by atoms with E-state index >= 15 is 0 Å². The number of aliphatic imine (C=N–C) groups is 1. The Morgan fingerprint density at radius 3 is 2.63 bits per heavy atom. The van der Waals surface area contributed by atoms with Gasteiger partial charge in [-0.3, -0.25) is 14.7 Å². The van der Waals surface area contributed by atoms with Gasteiger partial charge >= 0.3 is 18.1 Å². The molecule has 3 aromatic rings. The van der Waals surface area contributed by atoms with Crippen molar-refractivity contribution in [2.24, 2.45) is 4.99 Å². The maximum atomic E-state index is 14.6. The molecular weight excluding hydrogens is 592 g/mol. The first-order chi connectivity index (χ1) is 20.6. The monoisotopic (exact) mass is 618 g/mol. The van der Waals surface area contributed by atoms with E-state index in [1.54, 1.807) is 23.4 Å². The summed E-state index contributed by atoms with van der Waals surface area (Å²) in [5.41, 5.74) is 0.314. The topological polar surface area (TPSA) is 113 Å². The number of benzene rings is 2. The highest BCUT2D eigenvalue weighted by molar-refractivity contribution is 7.11. The van der Waals surface area contributed by atoms with Crippen LogP contribution in [0.5, 0.6) is 0 Å². The number of hydrogen-bond acceptors (Lipinski definition) is 9. The number of hydrogen-bond donors (Lipinski definition) is 2. The summed E-state index contributed by atoms with van der Waals surface area (Å²) in [6.07, 6.45) is -3.00. The van der Waals surface area contributed by atoms with Crippen LogP contribution in [0.25, 0.3) is 11.1 Å². The van der Waals surface area contributed by atoms with E-state index in [0.717, 1.165) is 12.1 Å². The Bertz CT molecular complexity index is 1560. The number of alkyl halides is 3. The van der Waals surface area contributed by atoms with Gasteiger partial charge in [-0.25, -0.2) is 14.2 Å². The van der Waals surface area contributed by atoms with E-state index in [-0.39, 0.29) is 55.4 Å². The summed E-state index contributed by atoms with van der Waals surface area (Å²) >= 11 is 1.27. The molecule has 0 spiro atoms. The highest BCUT2D eigenvalue weighted by atomic mass is 32.1. The molecule has 1 fully saturated rings. The molecule has 2 aliphatic rings. The molecule has 2 N–H and O–H groups in total. The molecule has 0 radical (unpaired) electrons. The maximum Gasteiger partial charge on any atom is 0.416 e. The van der Waals surface area contributed by atoms with Gasteiger partial charge in [-0.2, -0.15) is 13.2 Å². The molecule has 226 valence electrons. The number of rotatable bonds is 8. The van der Waals surface area contributed by atoms with Crippen molar-refractivity contribution in [1.82, 2.24) is 15.2 Å². The first-order valence-corrected chi connectivity index (χ1v) is 14.1. The summed E-state index contributed by atoms with van der Waals surface area (Å²) in [4.78, 5) is 36.3. The normalized spacial score (nSPS) is 19.5. The van der Waals surface area contributed by atoms with Crippen molar-refractivity contribution in [2.45, 2.75) is 25.2 Å². The van der Waals surface area contributed by atoms with E-state index in [9.17, 15) is 32.3 Å². The fraction of sp³-hybridized carbons (Fsp3) is 0.310. The number of thiazole rings is 1.